The first-order chi connectivity index (χ1) is 13.7. The zero-order chi connectivity index (χ0) is 19.8. The van der Waals surface area contributed by atoms with Crippen LogP contribution >= 0.6 is 0 Å². The van der Waals surface area contributed by atoms with Crippen LogP contribution < -0.4 is 10.6 Å². The van der Waals surface area contributed by atoms with Gasteiger partial charge in [0.25, 0.3) is 5.91 Å². The van der Waals surface area contributed by atoms with Crippen molar-refractivity contribution in [1.29, 1.82) is 0 Å². The number of aromatic nitrogens is 3. The normalized spacial score (nSPS) is 14.4. The lowest BCUT2D eigenvalue weighted by Gasteiger charge is -2.31. The summed E-state index contributed by atoms with van der Waals surface area (Å²) in [5.41, 5.74) is 1.06. The summed E-state index contributed by atoms with van der Waals surface area (Å²) in [5.74, 6) is 0.306. The van der Waals surface area contributed by atoms with Crippen LogP contribution in [0.25, 0.3) is 0 Å². The van der Waals surface area contributed by atoms with Crippen molar-refractivity contribution >= 4 is 17.8 Å². The van der Waals surface area contributed by atoms with Crippen LogP contribution in [0.1, 0.15) is 35.9 Å². The maximum absolute atomic E-state index is 12.3. The minimum Gasteiger partial charge on any atom is -0.450 e. The van der Waals surface area contributed by atoms with E-state index in [1.54, 1.807) is 24.1 Å². The van der Waals surface area contributed by atoms with Crippen LogP contribution in [0.3, 0.4) is 0 Å². The van der Waals surface area contributed by atoms with Gasteiger partial charge in [0, 0.05) is 31.4 Å². The zero-order valence-corrected chi connectivity index (χ0v) is 15.8. The third kappa shape index (κ3) is 5.38. The van der Waals surface area contributed by atoms with Crippen molar-refractivity contribution in [3.05, 3.63) is 48.2 Å². The van der Waals surface area contributed by atoms with E-state index in [9.17, 15) is 9.59 Å². The Morgan fingerprint density at radius 2 is 2.04 bits per heavy atom. The number of likely N-dealkylation sites (tertiary alicyclic amines) is 1. The molecule has 2 aromatic rings. The Labute approximate surface area is 163 Å². The summed E-state index contributed by atoms with van der Waals surface area (Å²) >= 11 is 0. The van der Waals surface area contributed by atoms with E-state index in [0.29, 0.717) is 32.1 Å². The molecule has 0 aliphatic carbocycles. The molecule has 0 aromatic carbocycles. The van der Waals surface area contributed by atoms with E-state index < -0.39 is 0 Å². The Hall–Kier alpha value is -3.23. The van der Waals surface area contributed by atoms with Crippen LogP contribution in [0, 0.1) is 0 Å². The Morgan fingerprint density at radius 3 is 2.75 bits per heavy atom. The summed E-state index contributed by atoms with van der Waals surface area (Å²) < 4.78 is 5.03. The number of pyridine rings is 1. The highest BCUT2D eigenvalue weighted by atomic mass is 16.6. The summed E-state index contributed by atoms with van der Waals surface area (Å²) in [4.78, 5) is 38.2. The molecule has 28 heavy (non-hydrogen) atoms. The standard InChI is InChI=1S/C19H24N6O3/c1-2-28-19(27)25-9-6-14(7-10-25)24-17-11-16(22-13-23-17)18(26)21-12-15-5-3-4-8-20-15/h3-5,8,11,13-14H,2,6-7,9-10,12H2,1H3,(H,21,26)(H,22,23,24). The fourth-order valence-electron chi connectivity index (χ4n) is 2.95. The molecule has 9 nitrogen and oxygen atoms in total. The van der Waals surface area contributed by atoms with Crippen LogP contribution in [0.15, 0.2) is 36.8 Å². The molecule has 3 rings (SSSR count). The highest BCUT2D eigenvalue weighted by Crippen LogP contribution is 2.16. The van der Waals surface area contributed by atoms with E-state index in [1.807, 2.05) is 18.2 Å². The molecule has 2 aromatic heterocycles. The third-order valence-corrected chi connectivity index (χ3v) is 4.43. The lowest BCUT2D eigenvalue weighted by Crippen LogP contribution is -2.42. The van der Waals surface area contributed by atoms with Crippen LogP contribution in [0.5, 0.6) is 0 Å². The van der Waals surface area contributed by atoms with E-state index in [4.69, 9.17) is 4.74 Å². The number of carbonyl (C=O) groups is 2. The average molecular weight is 384 g/mol. The number of nitrogens with zero attached hydrogens (tertiary/aromatic N) is 4. The minimum atomic E-state index is -0.284. The van der Waals surface area contributed by atoms with Crippen LogP contribution in [0.4, 0.5) is 10.6 Å². The van der Waals surface area contributed by atoms with Gasteiger partial charge in [-0.3, -0.25) is 9.78 Å². The molecule has 0 bridgehead atoms. The molecular formula is C19H24N6O3. The molecule has 0 saturated carbocycles. The fraction of sp³-hybridized carbons (Fsp3) is 0.421. The van der Waals surface area contributed by atoms with Gasteiger partial charge in [-0.15, -0.1) is 0 Å². The van der Waals surface area contributed by atoms with Crippen LogP contribution in [0.2, 0.25) is 0 Å². The smallest absolute Gasteiger partial charge is 0.409 e. The summed E-state index contributed by atoms with van der Waals surface area (Å²) in [5, 5.41) is 6.12. The predicted molar refractivity (Wildman–Crippen MR) is 103 cm³/mol. The highest BCUT2D eigenvalue weighted by molar-refractivity contribution is 5.92. The molecule has 0 unspecified atom stereocenters. The largest absolute Gasteiger partial charge is 0.450 e. The maximum Gasteiger partial charge on any atom is 0.409 e. The second-order valence-electron chi connectivity index (χ2n) is 6.40. The van der Waals surface area contributed by atoms with Gasteiger partial charge in [-0.2, -0.15) is 0 Å². The summed E-state index contributed by atoms with van der Waals surface area (Å²) in [7, 11) is 0. The van der Waals surface area contributed by atoms with Crippen molar-refractivity contribution < 1.29 is 14.3 Å². The predicted octanol–water partition coefficient (Wildman–Crippen LogP) is 1.83. The molecule has 2 N–H and O–H groups in total. The SMILES string of the molecule is CCOC(=O)N1CCC(Nc2cc(C(=O)NCc3ccccn3)ncn2)CC1. The number of nitrogens with one attached hydrogen (secondary N) is 2. The van der Waals surface area contributed by atoms with Crippen molar-refractivity contribution in [3.8, 4) is 0 Å². The summed E-state index contributed by atoms with van der Waals surface area (Å²) in [6.45, 7) is 3.76. The van der Waals surface area contributed by atoms with Gasteiger partial charge >= 0.3 is 6.09 Å². The summed E-state index contributed by atoms with van der Waals surface area (Å²) in [6.07, 6.45) is 4.34. The van der Waals surface area contributed by atoms with Gasteiger partial charge in [-0.05, 0) is 31.9 Å². The number of hydrogen-bond acceptors (Lipinski definition) is 7. The number of rotatable bonds is 6. The van der Waals surface area contributed by atoms with Gasteiger partial charge in [0.1, 0.15) is 17.8 Å². The number of amides is 2. The highest BCUT2D eigenvalue weighted by Gasteiger charge is 2.23. The molecule has 1 aliphatic rings. The van der Waals surface area contributed by atoms with Crippen molar-refractivity contribution in [2.45, 2.75) is 32.4 Å². The van der Waals surface area contributed by atoms with Gasteiger partial charge in [-0.25, -0.2) is 14.8 Å². The second kappa shape index (κ2) is 9.63. The quantitative estimate of drug-likeness (QED) is 0.782. The Morgan fingerprint density at radius 1 is 1.21 bits per heavy atom. The van der Waals surface area contributed by atoms with Crippen LogP contribution in [-0.2, 0) is 11.3 Å². The number of ether oxygens (including phenoxy) is 1. The minimum absolute atomic E-state index is 0.171. The van der Waals surface area contributed by atoms with E-state index in [0.717, 1.165) is 18.5 Å². The second-order valence-corrected chi connectivity index (χ2v) is 6.40. The Bertz CT molecular complexity index is 793. The average Bonchev–Trinajstić information content (AvgIpc) is 2.73. The number of hydrogen-bond donors (Lipinski definition) is 2. The molecule has 0 atom stereocenters. The van der Waals surface area contributed by atoms with E-state index in [2.05, 4.69) is 25.6 Å². The van der Waals surface area contributed by atoms with E-state index in [1.165, 1.54) is 6.33 Å². The first kappa shape index (κ1) is 19.5. The summed E-state index contributed by atoms with van der Waals surface area (Å²) in [6, 6.07) is 7.34. The molecule has 1 fully saturated rings. The number of carbonyl (C=O) groups excluding carboxylic acids is 2. The van der Waals surface area contributed by atoms with Gasteiger partial charge in [-0.1, -0.05) is 6.07 Å². The molecule has 148 valence electrons. The molecule has 0 spiro atoms. The van der Waals surface area contributed by atoms with E-state index in [-0.39, 0.29) is 23.7 Å². The van der Waals surface area contributed by atoms with Crippen molar-refractivity contribution in [3.63, 3.8) is 0 Å². The van der Waals surface area contributed by atoms with E-state index >= 15 is 0 Å². The topological polar surface area (TPSA) is 109 Å². The van der Waals surface area contributed by atoms with Gasteiger partial charge in [0.15, 0.2) is 0 Å². The monoisotopic (exact) mass is 384 g/mol. The molecule has 9 heteroatoms. The third-order valence-electron chi connectivity index (χ3n) is 4.43. The van der Waals surface area contributed by atoms with Gasteiger partial charge in [0.2, 0.25) is 0 Å². The maximum atomic E-state index is 12.3. The van der Waals surface area contributed by atoms with Crippen LogP contribution in [-0.4, -0.2) is 57.6 Å². The fourth-order valence-corrected chi connectivity index (χ4v) is 2.95. The van der Waals surface area contributed by atoms with Crippen molar-refractivity contribution in [2.24, 2.45) is 0 Å². The first-order valence-corrected chi connectivity index (χ1v) is 9.34. The van der Waals surface area contributed by atoms with Gasteiger partial charge in [0.05, 0.1) is 18.8 Å². The van der Waals surface area contributed by atoms with Crippen molar-refractivity contribution in [2.75, 3.05) is 25.0 Å². The molecule has 2 amide bonds. The molecular weight excluding hydrogens is 360 g/mol. The molecule has 1 saturated heterocycles. The van der Waals surface area contributed by atoms with Crippen molar-refractivity contribution in [1.82, 2.24) is 25.2 Å². The first-order valence-electron chi connectivity index (χ1n) is 9.34. The lowest BCUT2D eigenvalue weighted by atomic mass is 10.1. The Balaban J connectivity index is 1.51. The van der Waals surface area contributed by atoms with Gasteiger partial charge < -0.3 is 20.3 Å². The Kier molecular flexibility index (Phi) is 6.72. The molecule has 3 heterocycles. The molecule has 0 radical (unpaired) electrons. The number of piperidine rings is 1. The number of anilines is 1. The lowest BCUT2D eigenvalue weighted by molar-refractivity contribution is 0.0943. The molecule has 1 aliphatic heterocycles. The zero-order valence-electron chi connectivity index (χ0n) is 15.8.